The highest BCUT2D eigenvalue weighted by molar-refractivity contribution is 9.10. The summed E-state index contributed by atoms with van der Waals surface area (Å²) in [6.07, 6.45) is 1.81. The van der Waals surface area contributed by atoms with E-state index in [0.29, 0.717) is 15.8 Å². The first-order chi connectivity index (χ1) is 8.60. The Labute approximate surface area is 123 Å². The predicted octanol–water partition coefficient (Wildman–Crippen LogP) is 3.34. The first-order valence-corrected chi connectivity index (χ1v) is 7.29. The third kappa shape index (κ3) is 3.13. The summed E-state index contributed by atoms with van der Waals surface area (Å²) in [6.45, 7) is 2.55. The molecule has 1 aromatic rings. The third-order valence-electron chi connectivity index (χ3n) is 2.20. The lowest BCUT2D eigenvalue weighted by Gasteiger charge is -2.06. The molecule has 94 valence electrons. The highest BCUT2D eigenvalue weighted by Crippen LogP contribution is 2.30. The maximum absolute atomic E-state index is 11.5. The van der Waals surface area contributed by atoms with Crippen molar-refractivity contribution in [2.45, 2.75) is 6.92 Å². The van der Waals surface area contributed by atoms with E-state index in [1.54, 1.807) is 6.08 Å². The van der Waals surface area contributed by atoms with Crippen LogP contribution in [0.4, 0.5) is 0 Å². The highest BCUT2D eigenvalue weighted by Gasteiger charge is 2.21. The molecule has 18 heavy (non-hydrogen) atoms. The summed E-state index contributed by atoms with van der Waals surface area (Å²) in [6, 6.07) is 5.68. The van der Waals surface area contributed by atoms with Gasteiger partial charge in [0.2, 0.25) is 0 Å². The van der Waals surface area contributed by atoms with Crippen LogP contribution in [0.1, 0.15) is 12.5 Å². The van der Waals surface area contributed by atoms with Gasteiger partial charge in [-0.2, -0.15) is 0 Å². The molecule has 2 rings (SSSR count). The van der Waals surface area contributed by atoms with Gasteiger partial charge < -0.3 is 10.1 Å². The predicted molar refractivity (Wildman–Crippen MR) is 81.6 cm³/mol. The lowest BCUT2D eigenvalue weighted by atomic mass is 10.2. The van der Waals surface area contributed by atoms with Crippen molar-refractivity contribution in [3.8, 4) is 5.75 Å². The molecule has 0 radical (unpaired) electrons. The number of hydrogen-bond acceptors (Lipinski definition) is 4. The van der Waals surface area contributed by atoms with Crippen molar-refractivity contribution in [3.05, 3.63) is 33.1 Å². The average Bonchev–Trinajstić information content (AvgIpc) is 2.61. The summed E-state index contributed by atoms with van der Waals surface area (Å²) in [5.41, 5.74) is 0.924. The fraction of sp³-hybridized carbons (Fsp3) is 0.167. The van der Waals surface area contributed by atoms with Gasteiger partial charge in [0.05, 0.1) is 16.0 Å². The standard InChI is InChI=1S/C12H10BrNO2S2/c1-2-16-9-4-3-7(5-8(9)13)6-10-11(15)14-12(17)18-10/h3-6H,2H2,1H3,(H,14,15,17)/b10-6-. The second-order valence-corrected chi connectivity index (χ2v) is 6.05. The Morgan fingerprint density at radius 3 is 2.89 bits per heavy atom. The van der Waals surface area contributed by atoms with E-state index >= 15 is 0 Å². The quantitative estimate of drug-likeness (QED) is 0.674. The molecule has 0 bridgehead atoms. The van der Waals surface area contributed by atoms with Crippen molar-refractivity contribution in [2.24, 2.45) is 0 Å². The Hall–Kier alpha value is -0.850. The van der Waals surface area contributed by atoms with E-state index in [-0.39, 0.29) is 5.91 Å². The van der Waals surface area contributed by atoms with E-state index in [9.17, 15) is 4.79 Å². The zero-order valence-corrected chi connectivity index (χ0v) is 12.7. The second kappa shape index (κ2) is 5.86. The van der Waals surface area contributed by atoms with Crippen molar-refractivity contribution < 1.29 is 9.53 Å². The summed E-state index contributed by atoms with van der Waals surface area (Å²) in [4.78, 5) is 12.1. The zero-order valence-electron chi connectivity index (χ0n) is 9.53. The van der Waals surface area contributed by atoms with Gasteiger partial charge >= 0.3 is 0 Å². The molecule has 1 saturated heterocycles. The first-order valence-electron chi connectivity index (χ1n) is 5.27. The molecule has 1 amide bonds. The fourth-order valence-electron chi connectivity index (χ4n) is 1.45. The lowest BCUT2D eigenvalue weighted by Crippen LogP contribution is -2.17. The molecule has 0 spiro atoms. The van der Waals surface area contributed by atoms with Crippen LogP contribution in [0.25, 0.3) is 6.08 Å². The van der Waals surface area contributed by atoms with Crippen LogP contribution in [0.2, 0.25) is 0 Å². The number of halogens is 1. The first kappa shape index (κ1) is 13.6. The van der Waals surface area contributed by atoms with Crippen molar-refractivity contribution in [3.63, 3.8) is 0 Å². The number of nitrogens with one attached hydrogen (secondary N) is 1. The normalized spacial score (nSPS) is 17.1. The molecule has 1 aromatic carbocycles. The Balaban J connectivity index is 2.25. The number of thioether (sulfide) groups is 1. The largest absolute Gasteiger partial charge is 0.493 e. The maximum Gasteiger partial charge on any atom is 0.263 e. The number of hydrogen-bond donors (Lipinski definition) is 1. The number of thiocarbonyl (C=S) groups is 1. The number of carbonyl (C=O) groups excluding carboxylic acids is 1. The minimum absolute atomic E-state index is 0.144. The van der Waals surface area contributed by atoms with Crippen molar-refractivity contribution in [2.75, 3.05) is 6.61 Å². The highest BCUT2D eigenvalue weighted by atomic mass is 79.9. The molecule has 1 aliphatic rings. The molecule has 0 unspecified atom stereocenters. The van der Waals surface area contributed by atoms with Gasteiger partial charge in [0.25, 0.3) is 5.91 Å². The van der Waals surface area contributed by atoms with Crippen LogP contribution in [-0.2, 0) is 4.79 Å². The van der Waals surface area contributed by atoms with Crippen molar-refractivity contribution in [1.82, 2.24) is 5.32 Å². The second-order valence-electron chi connectivity index (χ2n) is 3.48. The van der Waals surface area contributed by atoms with Gasteiger partial charge in [-0.3, -0.25) is 4.79 Å². The van der Waals surface area contributed by atoms with Gasteiger partial charge in [0.15, 0.2) is 0 Å². The van der Waals surface area contributed by atoms with Crippen LogP contribution < -0.4 is 10.1 Å². The molecular formula is C12H10BrNO2S2. The topological polar surface area (TPSA) is 38.3 Å². The molecule has 0 saturated carbocycles. The van der Waals surface area contributed by atoms with Gasteiger partial charge in [-0.25, -0.2) is 0 Å². The molecule has 1 aliphatic heterocycles. The van der Waals surface area contributed by atoms with Crippen LogP contribution in [0.3, 0.4) is 0 Å². The van der Waals surface area contributed by atoms with Crippen molar-refractivity contribution in [1.29, 1.82) is 0 Å². The van der Waals surface area contributed by atoms with Crippen LogP contribution in [0.5, 0.6) is 5.75 Å². The summed E-state index contributed by atoms with van der Waals surface area (Å²) < 4.78 is 6.79. The Morgan fingerprint density at radius 2 is 2.33 bits per heavy atom. The number of benzene rings is 1. The van der Waals surface area contributed by atoms with Crippen LogP contribution in [0, 0.1) is 0 Å². The van der Waals surface area contributed by atoms with Crippen LogP contribution in [0.15, 0.2) is 27.6 Å². The van der Waals surface area contributed by atoms with E-state index in [1.807, 2.05) is 25.1 Å². The van der Waals surface area contributed by atoms with E-state index < -0.39 is 0 Å². The van der Waals surface area contributed by atoms with Crippen LogP contribution >= 0.6 is 39.9 Å². The maximum atomic E-state index is 11.5. The molecule has 0 aliphatic carbocycles. The Morgan fingerprint density at radius 1 is 1.56 bits per heavy atom. The van der Waals surface area contributed by atoms with Crippen LogP contribution in [-0.4, -0.2) is 16.8 Å². The van der Waals surface area contributed by atoms with Gasteiger partial charge in [0.1, 0.15) is 10.1 Å². The number of ether oxygens (including phenoxy) is 1. The number of rotatable bonds is 3. The minimum Gasteiger partial charge on any atom is -0.493 e. The SMILES string of the molecule is CCOc1ccc(/C=C2\SC(=S)NC2=O)cc1Br. The van der Waals surface area contributed by atoms with E-state index in [0.717, 1.165) is 15.8 Å². The molecule has 1 fully saturated rings. The zero-order chi connectivity index (χ0) is 13.1. The molecule has 0 atom stereocenters. The smallest absolute Gasteiger partial charge is 0.263 e. The molecular weight excluding hydrogens is 334 g/mol. The molecule has 0 aromatic heterocycles. The minimum atomic E-state index is -0.144. The van der Waals surface area contributed by atoms with Gasteiger partial charge in [-0.15, -0.1) is 0 Å². The average molecular weight is 344 g/mol. The summed E-state index contributed by atoms with van der Waals surface area (Å²) in [7, 11) is 0. The fourth-order valence-corrected chi connectivity index (χ4v) is 3.01. The van der Waals surface area contributed by atoms with E-state index in [1.165, 1.54) is 11.8 Å². The molecule has 3 nitrogen and oxygen atoms in total. The Kier molecular flexibility index (Phi) is 4.42. The molecule has 1 heterocycles. The van der Waals surface area contributed by atoms with Gasteiger partial charge in [-0.1, -0.05) is 30.0 Å². The van der Waals surface area contributed by atoms with Crippen molar-refractivity contribution >= 4 is 56.2 Å². The molecule has 6 heteroatoms. The van der Waals surface area contributed by atoms with Gasteiger partial charge in [0, 0.05) is 0 Å². The monoisotopic (exact) mass is 343 g/mol. The van der Waals surface area contributed by atoms with E-state index in [4.69, 9.17) is 17.0 Å². The number of amides is 1. The number of carbonyl (C=O) groups is 1. The summed E-state index contributed by atoms with van der Waals surface area (Å²) in [5.74, 6) is 0.647. The summed E-state index contributed by atoms with van der Waals surface area (Å²) >= 11 is 9.64. The Bertz CT molecular complexity index is 543. The molecule has 1 N–H and O–H groups in total. The summed E-state index contributed by atoms with van der Waals surface area (Å²) in [5, 5.41) is 2.58. The third-order valence-corrected chi connectivity index (χ3v) is 3.98. The lowest BCUT2D eigenvalue weighted by molar-refractivity contribution is -0.115. The van der Waals surface area contributed by atoms with Gasteiger partial charge in [-0.05, 0) is 46.6 Å². The van der Waals surface area contributed by atoms with E-state index in [2.05, 4.69) is 21.2 Å².